The first-order chi connectivity index (χ1) is 8.85. The molecule has 4 N–H and O–H groups in total. The van der Waals surface area contributed by atoms with E-state index in [0.717, 1.165) is 12.5 Å². The number of benzene rings is 1. The number of hydrogen-bond acceptors (Lipinski definition) is 3. The van der Waals surface area contributed by atoms with Gasteiger partial charge in [-0.3, -0.25) is 4.79 Å². The smallest absolute Gasteiger partial charge is 0.253 e. The van der Waals surface area contributed by atoms with Gasteiger partial charge in [0.15, 0.2) is 0 Å². The number of halogens is 1. The number of nitrogens with one attached hydrogen (secondary N) is 1. The maximum Gasteiger partial charge on any atom is 0.253 e. The van der Waals surface area contributed by atoms with Gasteiger partial charge in [0.1, 0.15) is 5.82 Å². The molecule has 5 heteroatoms. The van der Waals surface area contributed by atoms with Crippen molar-refractivity contribution in [3.8, 4) is 0 Å². The highest BCUT2D eigenvalue weighted by molar-refractivity contribution is 5.99. The number of nitrogen functional groups attached to an aromatic ring is 1. The zero-order valence-electron chi connectivity index (χ0n) is 11.4. The molecule has 4 nitrogen and oxygen atoms in total. The summed E-state index contributed by atoms with van der Waals surface area (Å²) < 4.78 is 13.1. The lowest BCUT2D eigenvalue weighted by Gasteiger charge is -2.24. The zero-order chi connectivity index (χ0) is 14.5. The highest BCUT2D eigenvalue weighted by Crippen LogP contribution is 2.21. The molecule has 0 aliphatic heterocycles. The topological polar surface area (TPSA) is 75.3 Å². The second-order valence-electron chi connectivity index (χ2n) is 5.41. The van der Waals surface area contributed by atoms with Crippen LogP contribution in [0.15, 0.2) is 18.2 Å². The van der Waals surface area contributed by atoms with Crippen molar-refractivity contribution in [3.05, 3.63) is 29.6 Å². The summed E-state index contributed by atoms with van der Waals surface area (Å²) in [7, 11) is 0. The number of amides is 1. The van der Waals surface area contributed by atoms with E-state index in [4.69, 9.17) is 10.8 Å². The molecule has 0 aromatic heterocycles. The van der Waals surface area contributed by atoms with Crippen molar-refractivity contribution in [1.82, 2.24) is 5.32 Å². The molecule has 0 radical (unpaired) electrons. The van der Waals surface area contributed by atoms with Gasteiger partial charge < -0.3 is 16.2 Å². The van der Waals surface area contributed by atoms with E-state index >= 15 is 0 Å². The largest absolute Gasteiger partial charge is 0.398 e. The Hall–Kier alpha value is -1.62. The summed E-state index contributed by atoms with van der Waals surface area (Å²) in [6.45, 7) is 4.58. The fourth-order valence-corrected chi connectivity index (χ4v) is 1.79. The molecule has 0 saturated carbocycles. The van der Waals surface area contributed by atoms with Crippen LogP contribution in [0.25, 0.3) is 0 Å². The Bertz CT molecular complexity index is 447. The Morgan fingerprint density at radius 3 is 2.79 bits per heavy atom. The average Bonchev–Trinajstić information content (AvgIpc) is 2.36. The molecular formula is C14H21FN2O2. The van der Waals surface area contributed by atoms with Crippen molar-refractivity contribution in [3.63, 3.8) is 0 Å². The Morgan fingerprint density at radius 1 is 1.47 bits per heavy atom. The zero-order valence-corrected chi connectivity index (χ0v) is 11.4. The van der Waals surface area contributed by atoms with Gasteiger partial charge in [-0.05, 0) is 36.5 Å². The molecule has 19 heavy (non-hydrogen) atoms. The van der Waals surface area contributed by atoms with E-state index in [1.165, 1.54) is 12.1 Å². The first kappa shape index (κ1) is 15.4. The van der Waals surface area contributed by atoms with E-state index in [1.807, 2.05) is 13.8 Å². The molecule has 0 unspecified atom stereocenters. The summed E-state index contributed by atoms with van der Waals surface area (Å²) in [5.74, 6) is -0.868. The minimum Gasteiger partial charge on any atom is -0.398 e. The van der Waals surface area contributed by atoms with Gasteiger partial charge in [0.25, 0.3) is 5.91 Å². The maximum absolute atomic E-state index is 13.1. The number of aliphatic hydroxyl groups excluding tert-OH is 1. The number of rotatable bonds is 6. The molecule has 0 spiro atoms. The monoisotopic (exact) mass is 268 g/mol. The fraction of sp³-hybridized carbons (Fsp3) is 0.500. The lowest BCUT2D eigenvalue weighted by atomic mass is 9.88. The van der Waals surface area contributed by atoms with Gasteiger partial charge in [-0.1, -0.05) is 13.8 Å². The van der Waals surface area contributed by atoms with E-state index in [1.54, 1.807) is 0 Å². The second kappa shape index (κ2) is 6.52. The van der Waals surface area contributed by atoms with Crippen LogP contribution in [0, 0.1) is 11.2 Å². The highest BCUT2D eigenvalue weighted by Gasteiger charge is 2.19. The van der Waals surface area contributed by atoms with E-state index in [0.29, 0.717) is 13.0 Å². The van der Waals surface area contributed by atoms with Gasteiger partial charge >= 0.3 is 0 Å². The predicted octanol–water partition coefficient (Wildman–Crippen LogP) is 1.94. The van der Waals surface area contributed by atoms with E-state index in [2.05, 4.69) is 5.32 Å². The molecule has 1 rings (SSSR count). The number of aliphatic hydroxyl groups is 1. The number of carbonyl (C=O) groups excluding carboxylic acids is 1. The number of hydrogen-bond donors (Lipinski definition) is 3. The van der Waals surface area contributed by atoms with Crippen LogP contribution in [0.3, 0.4) is 0 Å². The first-order valence-electron chi connectivity index (χ1n) is 6.30. The van der Waals surface area contributed by atoms with Crippen molar-refractivity contribution < 1.29 is 14.3 Å². The van der Waals surface area contributed by atoms with Gasteiger partial charge in [-0.25, -0.2) is 4.39 Å². The minimum atomic E-state index is -0.487. The van der Waals surface area contributed by atoms with Crippen molar-refractivity contribution >= 4 is 11.6 Å². The molecule has 1 aromatic carbocycles. The van der Waals surface area contributed by atoms with Gasteiger partial charge in [-0.2, -0.15) is 0 Å². The van der Waals surface area contributed by atoms with Crippen molar-refractivity contribution in [2.75, 3.05) is 18.9 Å². The molecule has 0 aliphatic carbocycles. The number of anilines is 1. The SMILES string of the molecule is CC(C)(CCCO)CNC(=O)c1cc(F)ccc1N. The van der Waals surface area contributed by atoms with Crippen molar-refractivity contribution in [2.24, 2.45) is 5.41 Å². The van der Waals surface area contributed by atoms with Crippen LogP contribution >= 0.6 is 0 Å². The number of nitrogens with two attached hydrogens (primary N) is 1. The second-order valence-corrected chi connectivity index (χ2v) is 5.41. The van der Waals surface area contributed by atoms with Crippen LogP contribution < -0.4 is 11.1 Å². The van der Waals surface area contributed by atoms with Crippen LogP contribution in [0.4, 0.5) is 10.1 Å². The van der Waals surface area contributed by atoms with E-state index < -0.39 is 5.82 Å². The molecule has 106 valence electrons. The Kier molecular flexibility index (Phi) is 5.30. The summed E-state index contributed by atoms with van der Waals surface area (Å²) >= 11 is 0. The van der Waals surface area contributed by atoms with E-state index in [-0.39, 0.29) is 29.2 Å². The third kappa shape index (κ3) is 4.87. The molecule has 1 amide bonds. The summed E-state index contributed by atoms with van der Waals surface area (Å²) in [5.41, 5.74) is 5.93. The van der Waals surface area contributed by atoms with Gasteiger partial charge in [-0.15, -0.1) is 0 Å². The van der Waals surface area contributed by atoms with Crippen LogP contribution in [0.2, 0.25) is 0 Å². The van der Waals surface area contributed by atoms with Gasteiger partial charge in [0.2, 0.25) is 0 Å². The maximum atomic E-state index is 13.1. The summed E-state index contributed by atoms with van der Waals surface area (Å²) in [5, 5.41) is 11.6. The van der Waals surface area contributed by atoms with Crippen molar-refractivity contribution in [2.45, 2.75) is 26.7 Å². The van der Waals surface area contributed by atoms with Crippen LogP contribution in [0.5, 0.6) is 0 Å². The summed E-state index contributed by atoms with van der Waals surface area (Å²) in [6.07, 6.45) is 1.48. The molecule has 1 aromatic rings. The Morgan fingerprint density at radius 2 is 2.16 bits per heavy atom. The molecule has 0 aliphatic rings. The molecule has 0 atom stereocenters. The molecule has 0 fully saturated rings. The quantitative estimate of drug-likeness (QED) is 0.690. The molecular weight excluding hydrogens is 247 g/mol. The number of carbonyl (C=O) groups is 1. The lowest BCUT2D eigenvalue weighted by Crippen LogP contribution is -2.34. The summed E-state index contributed by atoms with van der Waals surface area (Å²) in [4.78, 5) is 11.9. The van der Waals surface area contributed by atoms with Crippen LogP contribution in [-0.4, -0.2) is 24.2 Å². The molecule has 0 saturated heterocycles. The van der Waals surface area contributed by atoms with Crippen LogP contribution in [-0.2, 0) is 0 Å². The van der Waals surface area contributed by atoms with Gasteiger partial charge in [0.05, 0.1) is 5.56 Å². The van der Waals surface area contributed by atoms with Crippen LogP contribution in [0.1, 0.15) is 37.0 Å². The standard InChI is InChI=1S/C14H21FN2O2/c1-14(2,6-3-7-18)9-17-13(19)11-8-10(15)4-5-12(11)16/h4-5,8,18H,3,6-7,9,16H2,1-2H3,(H,17,19). The Balaban J connectivity index is 2.62. The third-order valence-corrected chi connectivity index (χ3v) is 3.00. The average molecular weight is 268 g/mol. The fourth-order valence-electron chi connectivity index (χ4n) is 1.79. The molecule has 0 bridgehead atoms. The minimum absolute atomic E-state index is 0.125. The first-order valence-corrected chi connectivity index (χ1v) is 6.30. The normalized spacial score (nSPS) is 11.4. The Labute approximate surface area is 112 Å². The molecule has 0 heterocycles. The predicted molar refractivity (Wildman–Crippen MR) is 73.2 cm³/mol. The third-order valence-electron chi connectivity index (χ3n) is 3.00. The van der Waals surface area contributed by atoms with Gasteiger partial charge in [0, 0.05) is 18.8 Å². The van der Waals surface area contributed by atoms with E-state index in [9.17, 15) is 9.18 Å². The lowest BCUT2D eigenvalue weighted by molar-refractivity contribution is 0.0933. The summed E-state index contributed by atoms with van der Waals surface area (Å²) in [6, 6.07) is 3.73. The van der Waals surface area contributed by atoms with Crippen molar-refractivity contribution in [1.29, 1.82) is 0 Å². The highest BCUT2D eigenvalue weighted by atomic mass is 19.1.